The van der Waals surface area contributed by atoms with Gasteiger partial charge in [0.1, 0.15) is 24.4 Å². The number of unbranched alkanes of at least 4 members (excludes halogenated alkanes) is 4. The molecule has 1 heterocycles. The zero-order chi connectivity index (χ0) is 15.5. The van der Waals surface area contributed by atoms with E-state index in [1.807, 2.05) is 0 Å². The van der Waals surface area contributed by atoms with Gasteiger partial charge in [0.2, 0.25) is 0 Å². The molecule has 0 saturated carbocycles. The third-order valence-electron chi connectivity index (χ3n) is 3.71. The number of hydrogen-bond donors (Lipinski definition) is 3. The van der Waals surface area contributed by atoms with E-state index in [0.717, 1.165) is 32.1 Å². The summed E-state index contributed by atoms with van der Waals surface area (Å²) in [4.78, 5) is 0. The fourth-order valence-corrected chi connectivity index (χ4v) is 2.38. The standard InChI is InChI=1S/C16H30O5/c1-2-3-4-5-6-7-8-9-10-20-16-14(11-17)21-12-13(18)15(16)19/h4-5,13-19H,2-3,6-12H2,1H3/b5-4+/t13-,14+,15+,16+/m1/s1. The maximum Gasteiger partial charge on any atom is 0.114 e. The Labute approximate surface area is 127 Å². The molecule has 1 fully saturated rings. The molecule has 0 spiro atoms. The smallest absolute Gasteiger partial charge is 0.114 e. The first-order chi connectivity index (χ1) is 10.2. The van der Waals surface area contributed by atoms with Crippen LogP contribution in [0.25, 0.3) is 0 Å². The molecular formula is C16H30O5. The minimum absolute atomic E-state index is 0.0380. The normalized spacial score (nSPS) is 30.1. The molecule has 0 unspecified atom stereocenters. The van der Waals surface area contributed by atoms with E-state index in [9.17, 15) is 15.3 Å². The number of hydrogen-bond acceptors (Lipinski definition) is 5. The summed E-state index contributed by atoms with van der Waals surface area (Å²) in [6.45, 7) is 2.50. The highest BCUT2D eigenvalue weighted by atomic mass is 16.6. The molecule has 0 aromatic rings. The van der Waals surface area contributed by atoms with E-state index in [2.05, 4.69) is 19.1 Å². The van der Waals surface area contributed by atoms with Gasteiger partial charge in [-0.1, -0.05) is 31.9 Å². The van der Waals surface area contributed by atoms with Gasteiger partial charge in [-0.25, -0.2) is 0 Å². The summed E-state index contributed by atoms with van der Waals surface area (Å²) >= 11 is 0. The van der Waals surface area contributed by atoms with Crippen LogP contribution in [-0.4, -0.2) is 59.6 Å². The predicted molar refractivity (Wildman–Crippen MR) is 81.1 cm³/mol. The average molecular weight is 302 g/mol. The molecule has 1 aliphatic rings. The van der Waals surface area contributed by atoms with Crippen molar-refractivity contribution in [3.8, 4) is 0 Å². The third kappa shape index (κ3) is 6.89. The minimum atomic E-state index is -0.993. The van der Waals surface area contributed by atoms with Crippen LogP contribution in [0.3, 0.4) is 0 Å². The lowest BCUT2D eigenvalue weighted by Gasteiger charge is -2.37. The Hall–Kier alpha value is -0.460. The molecule has 0 aliphatic carbocycles. The molecule has 5 heteroatoms. The number of aliphatic hydroxyl groups excluding tert-OH is 3. The van der Waals surface area contributed by atoms with Crippen LogP contribution in [-0.2, 0) is 9.47 Å². The van der Waals surface area contributed by atoms with E-state index in [1.54, 1.807) is 0 Å². The van der Waals surface area contributed by atoms with Gasteiger partial charge >= 0.3 is 0 Å². The van der Waals surface area contributed by atoms with Gasteiger partial charge in [-0.05, 0) is 25.7 Å². The molecule has 1 aliphatic heterocycles. The Morgan fingerprint density at radius 3 is 2.62 bits per heavy atom. The third-order valence-corrected chi connectivity index (χ3v) is 3.71. The maximum absolute atomic E-state index is 9.89. The quantitative estimate of drug-likeness (QED) is 0.420. The Morgan fingerprint density at radius 2 is 1.90 bits per heavy atom. The second-order valence-electron chi connectivity index (χ2n) is 5.56. The Morgan fingerprint density at radius 1 is 1.14 bits per heavy atom. The highest BCUT2D eigenvalue weighted by molar-refractivity contribution is 4.87. The molecule has 0 bridgehead atoms. The molecule has 0 aromatic heterocycles. The van der Waals surface area contributed by atoms with Gasteiger partial charge in [-0.3, -0.25) is 0 Å². The second kappa shape index (κ2) is 11.2. The second-order valence-corrected chi connectivity index (χ2v) is 5.56. The molecule has 0 radical (unpaired) electrons. The molecule has 1 saturated heterocycles. The van der Waals surface area contributed by atoms with Gasteiger partial charge < -0.3 is 24.8 Å². The van der Waals surface area contributed by atoms with Crippen LogP contribution in [0, 0.1) is 0 Å². The SMILES string of the molecule is CCC/C=C/CCCCCO[C@@H]1[C@@H](O)[C@H](O)CO[C@H]1CO. The monoisotopic (exact) mass is 302 g/mol. The molecule has 3 N–H and O–H groups in total. The number of aliphatic hydroxyl groups is 3. The first-order valence-corrected chi connectivity index (χ1v) is 8.05. The summed E-state index contributed by atoms with van der Waals surface area (Å²) in [6.07, 6.45) is 7.82. The van der Waals surface area contributed by atoms with E-state index >= 15 is 0 Å². The molecule has 0 amide bonds. The van der Waals surface area contributed by atoms with Crippen molar-refractivity contribution in [2.24, 2.45) is 0 Å². The van der Waals surface area contributed by atoms with E-state index in [4.69, 9.17) is 9.47 Å². The predicted octanol–water partition coefficient (Wildman–Crippen LogP) is 1.40. The fraction of sp³-hybridized carbons (Fsp3) is 0.875. The van der Waals surface area contributed by atoms with Crippen molar-refractivity contribution in [1.82, 2.24) is 0 Å². The van der Waals surface area contributed by atoms with Crippen molar-refractivity contribution in [1.29, 1.82) is 0 Å². The highest BCUT2D eigenvalue weighted by Crippen LogP contribution is 2.19. The van der Waals surface area contributed by atoms with Crippen molar-refractivity contribution >= 4 is 0 Å². The molecular weight excluding hydrogens is 272 g/mol. The zero-order valence-corrected chi connectivity index (χ0v) is 13.0. The Bertz CT molecular complexity index is 280. The van der Waals surface area contributed by atoms with Gasteiger partial charge in [0.25, 0.3) is 0 Å². The summed E-state index contributed by atoms with van der Waals surface area (Å²) in [6, 6.07) is 0. The molecule has 5 nitrogen and oxygen atoms in total. The van der Waals surface area contributed by atoms with Gasteiger partial charge in [0, 0.05) is 6.61 Å². The summed E-state index contributed by atoms with van der Waals surface area (Å²) in [5.74, 6) is 0. The van der Waals surface area contributed by atoms with Crippen LogP contribution < -0.4 is 0 Å². The van der Waals surface area contributed by atoms with Crippen LogP contribution >= 0.6 is 0 Å². The van der Waals surface area contributed by atoms with Gasteiger partial charge in [0.15, 0.2) is 0 Å². The van der Waals surface area contributed by atoms with Crippen LogP contribution in [0.5, 0.6) is 0 Å². The van der Waals surface area contributed by atoms with E-state index in [0.29, 0.717) is 6.61 Å². The molecule has 0 aromatic carbocycles. The van der Waals surface area contributed by atoms with Crippen molar-refractivity contribution in [2.45, 2.75) is 69.9 Å². The van der Waals surface area contributed by atoms with Crippen LogP contribution in [0.1, 0.15) is 45.4 Å². The Kier molecular flexibility index (Phi) is 9.87. The summed E-state index contributed by atoms with van der Waals surface area (Å²) in [7, 11) is 0. The van der Waals surface area contributed by atoms with E-state index < -0.39 is 24.4 Å². The maximum atomic E-state index is 9.89. The number of ether oxygens (including phenoxy) is 2. The first-order valence-electron chi connectivity index (χ1n) is 8.05. The minimum Gasteiger partial charge on any atom is -0.394 e. The topological polar surface area (TPSA) is 79.2 Å². The van der Waals surface area contributed by atoms with Crippen molar-refractivity contribution in [3.63, 3.8) is 0 Å². The van der Waals surface area contributed by atoms with E-state index in [1.165, 1.54) is 6.42 Å². The fourth-order valence-electron chi connectivity index (χ4n) is 2.38. The average Bonchev–Trinajstić information content (AvgIpc) is 2.49. The first kappa shape index (κ1) is 18.6. The van der Waals surface area contributed by atoms with Crippen molar-refractivity contribution in [3.05, 3.63) is 12.2 Å². The van der Waals surface area contributed by atoms with E-state index in [-0.39, 0.29) is 13.2 Å². The molecule has 21 heavy (non-hydrogen) atoms. The summed E-state index contributed by atoms with van der Waals surface area (Å²) < 4.78 is 10.9. The van der Waals surface area contributed by atoms with Gasteiger partial charge in [0.05, 0.1) is 13.2 Å². The zero-order valence-electron chi connectivity index (χ0n) is 13.0. The highest BCUT2D eigenvalue weighted by Gasteiger charge is 2.39. The lowest BCUT2D eigenvalue weighted by atomic mass is 10.0. The molecule has 124 valence electrons. The lowest BCUT2D eigenvalue weighted by molar-refractivity contribution is -0.211. The lowest BCUT2D eigenvalue weighted by Crippen LogP contribution is -2.55. The Balaban J connectivity index is 2.12. The van der Waals surface area contributed by atoms with Gasteiger partial charge in [-0.15, -0.1) is 0 Å². The molecule has 4 atom stereocenters. The van der Waals surface area contributed by atoms with Crippen LogP contribution in [0.15, 0.2) is 12.2 Å². The number of allylic oxidation sites excluding steroid dienone is 2. The summed E-state index contributed by atoms with van der Waals surface area (Å²) in [5, 5.41) is 28.7. The van der Waals surface area contributed by atoms with Gasteiger partial charge in [-0.2, -0.15) is 0 Å². The largest absolute Gasteiger partial charge is 0.394 e. The van der Waals surface area contributed by atoms with Crippen molar-refractivity contribution in [2.75, 3.05) is 19.8 Å². The molecule has 1 rings (SSSR count). The van der Waals surface area contributed by atoms with Crippen LogP contribution in [0.4, 0.5) is 0 Å². The van der Waals surface area contributed by atoms with Crippen molar-refractivity contribution < 1.29 is 24.8 Å². The summed E-state index contributed by atoms with van der Waals surface area (Å²) in [5.41, 5.74) is 0. The van der Waals surface area contributed by atoms with Crippen LogP contribution in [0.2, 0.25) is 0 Å². The number of rotatable bonds is 10.